The van der Waals surface area contributed by atoms with Gasteiger partial charge >= 0.3 is 5.97 Å². The highest BCUT2D eigenvalue weighted by Crippen LogP contribution is 2.63. The second-order valence-electron chi connectivity index (χ2n) is 8.92. The molecule has 0 aliphatic heterocycles. The Morgan fingerprint density at radius 2 is 2.00 bits per heavy atom. The Morgan fingerprint density at radius 1 is 1.17 bits per heavy atom. The third-order valence-electron chi connectivity index (χ3n) is 7.72. The van der Waals surface area contributed by atoms with E-state index in [0.717, 1.165) is 30.6 Å². The Hall–Kier alpha value is -1.05. The number of hydrogen-bond donors (Lipinski definition) is 0. The first-order valence-corrected chi connectivity index (χ1v) is 9.47. The molecule has 0 aromatic heterocycles. The normalized spacial score (nSPS) is 48.0. The van der Waals surface area contributed by atoms with Crippen molar-refractivity contribution in [2.24, 2.45) is 28.6 Å². The van der Waals surface area contributed by atoms with Gasteiger partial charge in [-0.25, -0.2) is 0 Å². The van der Waals surface area contributed by atoms with Crippen LogP contribution in [0.5, 0.6) is 0 Å². The Bertz CT molecular complexity index is 574. The zero-order valence-corrected chi connectivity index (χ0v) is 14.8. The number of allylic oxidation sites excluding steroid dienone is 3. The smallest absolute Gasteiger partial charge is 0.302 e. The van der Waals surface area contributed by atoms with Gasteiger partial charge in [-0.1, -0.05) is 37.6 Å². The summed E-state index contributed by atoms with van der Waals surface area (Å²) in [6.07, 6.45) is 16.0. The summed E-state index contributed by atoms with van der Waals surface area (Å²) >= 11 is 0. The van der Waals surface area contributed by atoms with E-state index in [-0.39, 0.29) is 12.1 Å². The highest BCUT2D eigenvalue weighted by Gasteiger charge is 2.54. The van der Waals surface area contributed by atoms with Crippen LogP contribution < -0.4 is 0 Å². The number of esters is 1. The van der Waals surface area contributed by atoms with Crippen LogP contribution >= 0.6 is 0 Å². The molecular weight excluding hydrogens is 284 g/mol. The first-order valence-electron chi connectivity index (χ1n) is 9.47. The second-order valence-corrected chi connectivity index (χ2v) is 8.92. The minimum Gasteiger partial charge on any atom is -0.462 e. The maximum atomic E-state index is 11.3. The average Bonchev–Trinajstić information content (AvgIpc) is 2.89. The van der Waals surface area contributed by atoms with Gasteiger partial charge in [-0.2, -0.15) is 0 Å². The van der Waals surface area contributed by atoms with Crippen LogP contribution in [-0.2, 0) is 9.53 Å². The lowest BCUT2D eigenvalue weighted by Gasteiger charge is -2.57. The maximum Gasteiger partial charge on any atom is 0.302 e. The molecule has 2 heteroatoms. The van der Waals surface area contributed by atoms with Crippen molar-refractivity contribution < 1.29 is 9.53 Å². The minimum absolute atomic E-state index is 0.116. The molecule has 0 N–H and O–H groups in total. The maximum absolute atomic E-state index is 11.3. The van der Waals surface area contributed by atoms with E-state index in [9.17, 15) is 4.79 Å². The van der Waals surface area contributed by atoms with Crippen LogP contribution in [-0.4, -0.2) is 12.1 Å². The highest BCUT2D eigenvalue weighted by atomic mass is 16.5. The van der Waals surface area contributed by atoms with Gasteiger partial charge in [-0.3, -0.25) is 4.79 Å². The standard InChI is InChI=1S/C21H30O2/c1-14(22)23-16-8-12-21(3)15(13-16)6-7-17-18-5-4-10-20(18,2)11-9-19(17)21/h4,6,10,16-19H,5,7-9,11-13H2,1-3H3. The largest absolute Gasteiger partial charge is 0.462 e. The minimum atomic E-state index is -0.127. The highest BCUT2D eigenvalue weighted by molar-refractivity contribution is 5.66. The Balaban J connectivity index is 1.59. The van der Waals surface area contributed by atoms with Crippen LogP contribution in [0, 0.1) is 28.6 Å². The molecule has 4 aliphatic rings. The van der Waals surface area contributed by atoms with E-state index in [1.54, 1.807) is 5.57 Å². The molecule has 4 aliphatic carbocycles. The summed E-state index contributed by atoms with van der Waals surface area (Å²) in [4.78, 5) is 11.3. The summed E-state index contributed by atoms with van der Waals surface area (Å²) in [5, 5.41) is 0. The molecule has 0 saturated heterocycles. The van der Waals surface area contributed by atoms with Gasteiger partial charge in [-0.05, 0) is 67.1 Å². The van der Waals surface area contributed by atoms with Crippen molar-refractivity contribution >= 4 is 5.97 Å². The van der Waals surface area contributed by atoms with E-state index in [1.165, 1.54) is 39.0 Å². The van der Waals surface area contributed by atoms with Crippen LogP contribution in [0.1, 0.15) is 65.7 Å². The van der Waals surface area contributed by atoms with Crippen molar-refractivity contribution in [3.8, 4) is 0 Å². The molecule has 2 nitrogen and oxygen atoms in total. The fourth-order valence-electron chi connectivity index (χ4n) is 6.45. The summed E-state index contributed by atoms with van der Waals surface area (Å²) < 4.78 is 5.52. The van der Waals surface area contributed by atoms with Gasteiger partial charge in [0.15, 0.2) is 0 Å². The average molecular weight is 314 g/mol. The molecule has 2 fully saturated rings. The van der Waals surface area contributed by atoms with Crippen molar-refractivity contribution in [1.82, 2.24) is 0 Å². The summed E-state index contributed by atoms with van der Waals surface area (Å²) in [7, 11) is 0. The molecule has 0 aromatic rings. The summed E-state index contributed by atoms with van der Waals surface area (Å²) in [5.74, 6) is 2.40. The van der Waals surface area contributed by atoms with Crippen LogP contribution in [0.15, 0.2) is 23.8 Å². The topological polar surface area (TPSA) is 26.3 Å². The first-order chi connectivity index (χ1) is 10.9. The number of rotatable bonds is 1. The van der Waals surface area contributed by atoms with Gasteiger partial charge in [0, 0.05) is 13.3 Å². The fraction of sp³-hybridized carbons (Fsp3) is 0.762. The first kappa shape index (κ1) is 15.5. The number of fused-ring (bicyclic) bond motifs is 5. The van der Waals surface area contributed by atoms with E-state index < -0.39 is 0 Å². The van der Waals surface area contributed by atoms with E-state index in [2.05, 4.69) is 32.1 Å². The predicted octanol–water partition coefficient (Wildman–Crippen LogP) is 5.05. The molecule has 2 saturated carbocycles. The quantitative estimate of drug-likeness (QED) is 0.500. The van der Waals surface area contributed by atoms with Gasteiger partial charge < -0.3 is 4.74 Å². The lowest BCUT2D eigenvalue weighted by Crippen LogP contribution is -2.49. The number of hydrogen-bond acceptors (Lipinski definition) is 2. The number of ether oxygens (including phenoxy) is 1. The van der Waals surface area contributed by atoms with Gasteiger partial charge in [0.05, 0.1) is 0 Å². The Morgan fingerprint density at radius 3 is 2.78 bits per heavy atom. The van der Waals surface area contributed by atoms with E-state index >= 15 is 0 Å². The van der Waals surface area contributed by atoms with Crippen molar-refractivity contribution in [2.75, 3.05) is 0 Å². The third-order valence-corrected chi connectivity index (χ3v) is 7.72. The van der Waals surface area contributed by atoms with E-state index in [4.69, 9.17) is 4.74 Å². The molecule has 0 aromatic carbocycles. The van der Waals surface area contributed by atoms with Gasteiger partial charge in [-0.15, -0.1) is 0 Å². The van der Waals surface area contributed by atoms with Crippen molar-refractivity contribution in [2.45, 2.75) is 71.8 Å². The monoisotopic (exact) mass is 314 g/mol. The lowest BCUT2D eigenvalue weighted by atomic mass is 9.48. The molecule has 0 heterocycles. The Kier molecular flexibility index (Phi) is 3.52. The van der Waals surface area contributed by atoms with E-state index in [0.29, 0.717) is 10.8 Å². The molecule has 4 rings (SSSR count). The van der Waals surface area contributed by atoms with E-state index in [1.807, 2.05) is 0 Å². The molecule has 0 radical (unpaired) electrons. The van der Waals surface area contributed by atoms with Crippen LogP contribution in [0.25, 0.3) is 0 Å². The zero-order valence-electron chi connectivity index (χ0n) is 14.8. The van der Waals surface area contributed by atoms with Crippen LogP contribution in [0.4, 0.5) is 0 Å². The molecule has 0 bridgehead atoms. The SMILES string of the molecule is CC(=O)OC1CCC2(C)C(=CCC3C4CC=CC4(C)CCC32)C1. The number of carbonyl (C=O) groups excluding carboxylic acids is 1. The molecular formula is C21H30O2. The van der Waals surface area contributed by atoms with Crippen molar-refractivity contribution in [3.05, 3.63) is 23.8 Å². The zero-order chi connectivity index (χ0) is 16.2. The van der Waals surface area contributed by atoms with Crippen molar-refractivity contribution in [3.63, 3.8) is 0 Å². The molecule has 23 heavy (non-hydrogen) atoms. The molecule has 0 spiro atoms. The van der Waals surface area contributed by atoms with Crippen LogP contribution in [0.2, 0.25) is 0 Å². The van der Waals surface area contributed by atoms with Gasteiger partial charge in [0.25, 0.3) is 0 Å². The molecule has 0 amide bonds. The van der Waals surface area contributed by atoms with Gasteiger partial charge in [0.2, 0.25) is 0 Å². The lowest BCUT2D eigenvalue weighted by molar-refractivity contribution is -0.148. The van der Waals surface area contributed by atoms with Gasteiger partial charge in [0.1, 0.15) is 6.10 Å². The second kappa shape index (κ2) is 5.22. The third kappa shape index (κ3) is 2.32. The van der Waals surface area contributed by atoms with Crippen LogP contribution in [0.3, 0.4) is 0 Å². The summed E-state index contributed by atoms with van der Waals surface area (Å²) in [6.45, 7) is 6.52. The molecule has 126 valence electrons. The number of carbonyl (C=O) groups is 1. The Labute approximate surface area is 140 Å². The molecule has 6 atom stereocenters. The predicted molar refractivity (Wildman–Crippen MR) is 91.8 cm³/mol. The summed E-state index contributed by atoms with van der Waals surface area (Å²) in [6, 6.07) is 0. The molecule has 6 unspecified atom stereocenters. The van der Waals surface area contributed by atoms with Crippen molar-refractivity contribution in [1.29, 1.82) is 0 Å². The summed E-state index contributed by atoms with van der Waals surface area (Å²) in [5.41, 5.74) is 2.40. The fourth-order valence-corrected chi connectivity index (χ4v) is 6.45.